The van der Waals surface area contributed by atoms with Crippen LogP contribution in [0, 0.1) is 0 Å². The van der Waals surface area contributed by atoms with E-state index in [1.807, 2.05) is 0 Å². The minimum atomic E-state index is -0.887. The van der Waals surface area contributed by atoms with Crippen molar-refractivity contribution in [1.82, 2.24) is 0 Å². The zero-order valence-corrected chi connectivity index (χ0v) is 6.55. The van der Waals surface area contributed by atoms with Crippen molar-refractivity contribution in [2.24, 2.45) is 0 Å². The summed E-state index contributed by atoms with van der Waals surface area (Å²) in [6.07, 6.45) is -0.375. The lowest BCUT2D eigenvalue weighted by atomic mass is 10.0. The van der Waals surface area contributed by atoms with Gasteiger partial charge in [0.1, 0.15) is 11.9 Å². The lowest BCUT2D eigenvalue weighted by Gasteiger charge is -2.21. The Labute approximate surface area is 70.0 Å². The van der Waals surface area contributed by atoms with Gasteiger partial charge in [-0.25, -0.2) is 4.39 Å². The molecule has 1 aromatic rings. The van der Waals surface area contributed by atoms with Gasteiger partial charge in [-0.05, 0) is 6.07 Å². The van der Waals surface area contributed by atoms with Gasteiger partial charge in [0.2, 0.25) is 0 Å². The summed E-state index contributed by atoms with van der Waals surface area (Å²) < 4.78 is 13.2. The number of anilines is 1. The van der Waals surface area contributed by atoms with Crippen molar-refractivity contribution in [3.63, 3.8) is 0 Å². The maximum absolute atomic E-state index is 13.2. The van der Waals surface area contributed by atoms with Gasteiger partial charge in [-0.15, -0.1) is 0 Å². The number of phenolic OH excluding ortho intramolecular Hbond substituents is 1. The van der Waals surface area contributed by atoms with E-state index in [0.717, 1.165) is 0 Å². The third kappa shape index (κ3) is 1.11. The van der Waals surface area contributed by atoms with Crippen LogP contribution in [0.1, 0.15) is 18.2 Å². The van der Waals surface area contributed by atoms with Crippen molar-refractivity contribution in [3.8, 4) is 5.75 Å². The van der Waals surface area contributed by atoms with E-state index in [2.05, 4.69) is 5.32 Å². The molecule has 2 nitrogen and oxygen atoms in total. The Bertz CT molecular complexity index is 301. The fourth-order valence-corrected chi connectivity index (χ4v) is 1.46. The molecule has 0 aliphatic carbocycles. The van der Waals surface area contributed by atoms with Crippen LogP contribution >= 0.6 is 0 Å². The summed E-state index contributed by atoms with van der Waals surface area (Å²) >= 11 is 0. The second kappa shape index (κ2) is 2.66. The lowest BCUT2D eigenvalue weighted by molar-refractivity contribution is 0.324. The summed E-state index contributed by atoms with van der Waals surface area (Å²) in [7, 11) is 0. The third-order valence-corrected chi connectivity index (χ3v) is 2.09. The van der Waals surface area contributed by atoms with Crippen molar-refractivity contribution in [3.05, 3.63) is 23.8 Å². The first-order chi connectivity index (χ1) is 5.77. The monoisotopic (exact) mass is 167 g/mol. The smallest absolute Gasteiger partial charge is 0.129 e. The van der Waals surface area contributed by atoms with Crippen LogP contribution in [-0.4, -0.2) is 11.7 Å². The van der Waals surface area contributed by atoms with E-state index < -0.39 is 6.17 Å². The van der Waals surface area contributed by atoms with E-state index >= 15 is 0 Å². The van der Waals surface area contributed by atoms with Crippen LogP contribution in [0.15, 0.2) is 18.2 Å². The Hall–Kier alpha value is -1.25. The second-order valence-electron chi connectivity index (χ2n) is 2.95. The lowest BCUT2D eigenvalue weighted by Crippen LogP contribution is -2.13. The number of benzene rings is 1. The highest BCUT2D eigenvalue weighted by atomic mass is 19.1. The van der Waals surface area contributed by atoms with Gasteiger partial charge in [-0.3, -0.25) is 0 Å². The molecule has 3 heteroatoms. The second-order valence-corrected chi connectivity index (χ2v) is 2.95. The maximum atomic E-state index is 13.2. The molecule has 0 saturated heterocycles. The molecule has 12 heavy (non-hydrogen) atoms. The first-order valence-electron chi connectivity index (χ1n) is 3.98. The fourth-order valence-electron chi connectivity index (χ4n) is 1.46. The van der Waals surface area contributed by atoms with Crippen LogP contribution in [-0.2, 0) is 0 Å². The van der Waals surface area contributed by atoms with Gasteiger partial charge in [0.15, 0.2) is 0 Å². The summed E-state index contributed by atoms with van der Waals surface area (Å²) in [5, 5.41) is 12.1. The highest BCUT2D eigenvalue weighted by molar-refractivity contribution is 5.57. The van der Waals surface area contributed by atoms with E-state index in [0.29, 0.717) is 24.2 Å². The number of alkyl halides is 1. The molecule has 1 aliphatic heterocycles. The van der Waals surface area contributed by atoms with Crippen LogP contribution in [0.25, 0.3) is 0 Å². The number of phenols is 1. The minimum Gasteiger partial charge on any atom is -0.508 e. The molecule has 0 radical (unpaired) electrons. The number of rotatable bonds is 0. The Balaban J connectivity index is 2.46. The average molecular weight is 167 g/mol. The number of hydrogen-bond acceptors (Lipinski definition) is 2. The van der Waals surface area contributed by atoms with E-state index in [1.165, 1.54) is 6.07 Å². The van der Waals surface area contributed by atoms with Crippen molar-refractivity contribution >= 4 is 5.69 Å². The number of aromatic hydroxyl groups is 1. The van der Waals surface area contributed by atoms with Crippen LogP contribution in [0.2, 0.25) is 0 Å². The van der Waals surface area contributed by atoms with Gasteiger partial charge in [-0.2, -0.15) is 0 Å². The third-order valence-electron chi connectivity index (χ3n) is 2.09. The molecule has 0 bridgehead atoms. The predicted octanol–water partition coefficient (Wildman–Crippen LogP) is 2.22. The molecule has 0 spiro atoms. The average Bonchev–Trinajstić information content (AvgIpc) is 2.04. The molecule has 1 unspecified atom stereocenters. The van der Waals surface area contributed by atoms with Gasteiger partial charge in [0, 0.05) is 30.3 Å². The molecule has 0 amide bonds. The largest absolute Gasteiger partial charge is 0.508 e. The van der Waals surface area contributed by atoms with Crippen LogP contribution in [0.3, 0.4) is 0 Å². The van der Waals surface area contributed by atoms with Crippen LogP contribution in [0.4, 0.5) is 10.1 Å². The standard InChI is InChI=1S/C9H10FNO/c10-8-3-4-11-9-5-6(12)1-2-7(8)9/h1-2,5,8,11-12H,3-4H2. The van der Waals surface area contributed by atoms with Crippen molar-refractivity contribution in [1.29, 1.82) is 0 Å². The van der Waals surface area contributed by atoms with Crippen LogP contribution in [0.5, 0.6) is 5.75 Å². The van der Waals surface area contributed by atoms with Crippen LogP contribution < -0.4 is 5.32 Å². The van der Waals surface area contributed by atoms with Crippen molar-refractivity contribution in [2.75, 3.05) is 11.9 Å². The summed E-state index contributed by atoms with van der Waals surface area (Å²) in [6.45, 7) is 0.637. The van der Waals surface area contributed by atoms with E-state index in [4.69, 9.17) is 5.11 Å². The van der Waals surface area contributed by atoms with Gasteiger partial charge < -0.3 is 10.4 Å². The first kappa shape index (κ1) is 7.40. The van der Waals surface area contributed by atoms with Crippen molar-refractivity contribution < 1.29 is 9.50 Å². The maximum Gasteiger partial charge on any atom is 0.129 e. The highest BCUT2D eigenvalue weighted by Crippen LogP contribution is 2.34. The molecule has 0 aromatic heterocycles. The normalized spacial score (nSPS) is 21.2. The molecule has 2 N–H and O–H groups in total. The first-order valence-corrected chi connectivity index (χ1v) is 3.98. The minimum absolute atomic E-state index is 0.176. The molecule has 1 aromatic carbocycles. The van der Waals surface area contributed by atoms with E-state index in [1.54, 1.807) is 12.1 Å². The van der Waals surface area contributed by atoms with E-state index in [-0.39, 0.29) is 5.75 Å². The Morgan fingerprint density at radius 1 is 1.50 bits per heavy atom. The summed E-state index contributed by atoms with van der Waals surface area (Å²) in [5.41, 5.74) is 1.37. The Morgan fingerprint density at radius 2 is 2.33 bits per heavy atom. The highest BCUT2D eigenvalue weighted by Gasteiger charge is 2.18. The van der Waals surface area contributed by atoms with E-state index in [9.17, 15) is 4.39 Å². The molecular weight excluding hydrogens is 157 g/mol. The number of nitrogens with one attached hydrogen (secondary N) is 1. The molecule has 0 fully saturated rings. The summed E-state index contributed by atoms with van der Waals surface area (Å²) in [6, 6.07) is 4.70. The van der Waals surface area contributed by atoms with Gasteiger partial charge >= 0.3 is 0 Å². The molecule has 1 heterocycles. The molecule has 0 saturated carbocycles. The number of halogens is 1. The topological polar surface area (TPSA) is 32.3 Å². The molecule has 1 atom stereocenters. The molecule has 2 rings (SSSR count). The zero-order chi connectivity index (χ0) is 8.55. The fraction of sp³-hybridized carbons (Fsp3) is 0.333. The van der Waals surface area contributed by atoms with Crippen molar-refractivity contribution in [2.45, 2.75) is 12.6 Å². The van der Waals surface area contributed by atoms with Gasteiger partial charge in [0.25, 0.3) is 0 Å². The Kier molecular flexibility index (Phi) is 1.64. The number of hydrogen-bond donors (Lipinski definition) is 2. The molecular formula is C9H10FNO. The molecule has 64 valence electrons. The molecule has 1 aliphatic rings. The number of fused-ring (bicyclic) bond motifs is 1. The summed E-state index contributed by atoms with van der Waals surface area (Å²) in [4.78, 5) is 0. The predicted molar refractivity (Wildman–Crippen MR) is 45.1 cm³/mol. The quantitative estimate of drug-likeness (QED) is 0.621. The van der Waals surface area contributed by atoms with Gasteiger partial charge in [-0.1, -0.05) is 6.07 Å². The SMILES string of the molecule is Oc1ccc2c(c1)NCCC2F. The zero-order valence-electron chi connectivity index (χ0n) is 6.55. The Morgan fingerprint density at radius 3 is 3.17 bits per heavy atom. The van der Waals surface area contributed by atoms with Gasteiger partial charge in [0.05, 0.1) is 0 Å². The summed E-state index contributed by atoms with van der Waals surface area (Å²) in [5.74, 6) is 0.176.